The smallest absolute Gasteiger partial charge is 0.244 e. The van der Waals surface area contributed by atoms with E-state index in [0.717, 1.165) is 17.3 Å². The van der Waals surface area contributed by atoms with Gasteiger partial charge in [-0.2, -0.15) is 0 Å². The largest absolute Gasteiger partial charge is 0.325 e. The van der Waals surface area contributed by atoms with Gasteiger partial charge in [-0.05, 0) is 60.4 Å². The molecule has 1 N–H and O–H groups in total. The summed E-state index contributed by atoms with van der Waals surface area (Å²) < 4.78 is 0.914. The lowest BCUT2D eigenvalue weighted by Gasteiger charge is -2.28. The van der Waals surface area contributed by atoms with E-state index in [-0.39, 0.29) is 47.9 Å². The molecule has 3 aliphatic rings. The molecule has 5 nitrogen and oxygen atoms in total. The number of halogens is 1. The monoisotopic (exact) mass is 452 g/mol. The van der Waals surface area contributed by atoms with Crippen LogP contribution in [0.5, 0.6) is 0 Å². The zero-order chi connectivity index (χ0) is 20.1. The van der Waals surface area contributed by atoms with Gasteiger partial charge in [0.25, 0.3) is 0 Å². The molecule has 1 saturated heterocycles. The third kappa shape index (κ3) is 3.10. The summed E-state index contributed by atoms with van der Waals surface area (Å²) >= 11 is 3.35. The molecule has 148 valence electrons. The number of benzene rings is 2. The summed E-state index contributed by atoms with van der Waals surface area (Å²) in [6, 6.07) is 17.5. The molecule has 2 aromatic rings. The highest BCUT2D eigenvalue weighted by molar-refractivity contribution is 9.10. The second-order valence-corrected chi connectivity index (χ2v) is 9.20. The van der Waals surface area contributed by atoms with E-state index in [1.807, 2.05) is 30.3 Å². The zero-order valence-corrected chi connectivity index (χ0v) is 17.3. The normalized spacial score (nSPS) is 30.0. The van der Waals surface area contributed by atoms with Crippen LogP contribution in [0.4, 0.5) is 5.69 Å². The Hall–Kier alpha value is -2.47. The van der Waals surface area contributed by atoms with Gasteiger partial charge in [0.15, 0.2) is 0 Å². The summed E-state index contributed by atoms with van der Waals surface area (Å²) in [5.74, 6) is -0.421. The maximum atomic E-state index is 13.1. The van der Waals surface area contributed by atoms with Gasteiger partial charge in [0.05, 0.1) is 11.8 Å². The molecule has 2 aromatic carbocycles. The first kappa shape index (κ1) is 18.6. The quantitative estimate of drug-likeness (QED) is 0.717. The van der Waals surface area contributed by atoms with Crippen molar-refractivity contribution in [1.29, 1.82) is 0 Å². The van der Waals surface area contributed by atoms with Crippen molar-refractivity contribution in [2.24, 2.45) is 23.7 Å². The van der Waals surface area contributed by atoms with Gasteiger partial charge >= 0.3 is 0 Å². The third-order valence-corrected chi connectivity index (χ3v) is 7.29. The van der Waals surface area contributed by atoms with Gasteiger partial charge in [-0.1, -0.05) is 46.3 Å². The van der Waals surface area contributed by atoms with E-state index in [9.17, 15) is 14.4 Å². The number of anilines is 1. The van der Waals surface area contributed by atoms with Crippen LogP contribution in [-0.4, -0.2) is 29.2 Å². The van der Waals surface area contributed by atoms with Gasteiger partial charge in [0.2, 0.25) is 17.7 Å². The molecule has 3 amide bonds. The zero-order valence-electron chi connectivity index (χ0n) is 15.8. The lowest BCUT2D eigenvalue weighted by Crippen LogP contribution is -2.39. The van der Waals surface area contributed by atoms with Crippen molar-refractivity contribution >= 4 is 39.3 Å². The first-order chi connectivity index (χ1) is 14.0. The number of hydrogen-bond acceptors (Lipinski definition) is 3. The molecule has 0 radical (unpaired) electrons. The van der Waals surface area contributed by atoms with Crippen LogP contribution in [0.2, 0.25) is 0 Å². The Balaban J connectivity index is 1.31. The number of imide groups is 1. The van der Waals surface area contributed by atoms with E-state index < -0.39 is 0 Å². The first-order valence-corrected chi connectivity index (χ1v) is 10.8. The van der Waals surface area contributed by atoms with Crippen molar-refractivity contribution in [2.75, 3.05) is 11.9 Å². The average Bonchev–Trinajstić information content (AvgIpc) is 3.38. The number of likely N-dealkylation sites (tertiary alicyclic amines) is 1. The number of nitrogens with one attached hydrogen (secondary N) is 1. The molecule has 1 aliphatic heterocycles. The van der Waals surface area contributed by atoms with Crippen molar-refractivity contribution in [3.63, 3.8) is 0 Å². The minimum atomic E-state index is -0.346. The van der Waals surface area contributed by atoms with Gasteiger partial charge in [0.1, 0.15) is 6.54 Å². The summed E-state index contributed by atoms with van der Waals surface area (Å²) in [5, 5.41) is 2.77. The molecule has 2 aliphatic carbocycles. The molecule has 5 rings (SSSR count). The van der Waals surface area contributed by atoms with E-state index in [1.165, 1.54) is 10.5 Å². The fraction of sp³-hybridized carbons (Fsp3) is 0.348. The van der Waals surface area contributed by atoms with Crippen LogP contribution >= 0.6 is 15.9 Å². The Kier molecular flexibility index (Phi) is 4.54. The minimum absolute atomic E-state index is 0.162. The lowest BCUT2D eigenvalue weighted by molar-refractivity contribution is -0.143. The van der Waals surface area contributed by atoms with Gasteiger partial charge in [-0.15, -0.1) is 0 Å². The number of carbonyl (C=O) groups is 3. The predicted molar refractivity (Wildman–Crippen MR) is 112 cm³/mol. The Morgan fingerprint density at radius 3 is 2.38 bits per heavy atom. The fourth-order valence-corrected chi connectivity index (χ4v) is 5.90. The van der Waals surface area contributed by atoms with Crippen LogP contribution in [0, 0.1) is 23.7 Å². The molecule has 29 heavy (non-hydrogen) atoms. The second kappa shape index (κ2) is 7.10. The van der Waals surface area contributed by atoms with Gasteiger partial charge in [-0.3, -0.25) is 19.3 Å². The second-order valence-electron chi connectivity index (χ2n) is 8.28. The highest BCUT2D eigenvalue weighted by Gasteiger charge is 2.63. The maximum absolute atomic E-state index is 13.1. The standard InChI is InChI=1S/C23H21BrN2O3/c24-15-6-8-16(9-7-15)25-19(27)12-26-22(28)20-14-10-17(13-4-2-1-3-5-13)18(11-14)21(20)23(26)29/h1-9,14,17-18,20-21H,10-12H2,(H,25,27). The van der Waals surface area contributed by atoms with Crippen LogP contribution in [0.25, 0.3) is 0 Å². The Morgan fingerprint density at radius 2 is 1.66 bits per heavy atom. The Bertz CT molecular complexity index is 975. The fourth-order valence-electron chi connectivity index (χ4n) is 5.64. The maximum Gasteiger partial charge on any atom is 0.244 e. The summed E-state index contributed by atoms with van der Waals surface area (Å²) in [6.07, 6.45) is 1.89. The van der Waals surface area contributed by atoms with E-state index in [4.69, 9.17) is 0 Å². The van der Waals surface area contributed by atoms with Crippen molar-refractivity contribution in [3.05, 3.63) is 64.6 Å². The molecule has 5 unspecified atom stereocenters. The SMILES string of the molecule is O=C(CN1C(=O)C2C3CC(c4ccccc4)C(C3)C2C1=O)Nc1ccc(Br)cc1. The molecule has 0 spiro atoms. The molecular weight excluding hydrogens is 432 g/mol. The molecule has 3 fully saturated rings. The number of nitrogens with zero attached hydrogens (tertiary/aromatic N) is 1. The number of rotatable bonds is 4. The number of carbonyl (C=O) groups excluding carboxylic acids is 3. The van der Waals surface area contributed by atoms with Crippen LogP contribution < -0.4 is 5.32 Å². The lowest BCUT2D eigenvalue weighted by atomic mass is 9.73. The highest BCUT2D eigenvalue weighted by atomic mass is 79.9. The van der Waals surface area contributed by atoms with Crippen LogP contribution in [0.1, 0.15) is 24.3 Å². The summed E-state index contributed by atoms with van der Waals surface area (Å²) in [4.78, 5) is 39.7. The number of amides is 3. The molecule has 2 saturated carbocycles. The van der Waals surface area contributed by atoms with Crippen molar-refractivity contribution in [3.8, 4) is 0 Å². The molecule has 6 heteroatoms. The highest BCUT2D eigenvalue weighted by Crippen LogP contribution is 2.61. The number of hydrogen-bond donors (Lipinski definition) is 1. The number of fused-ring (bicyclic) bond motifs is 5. The van der Waals surface area contributed by atoms with E-state index in [0.29, 0.717) is 11.6 Å². The minimum Gasteiger partial charge on any atom is -0.325 e. The summed E-state index contributed by atoms with van der Waals surface area (Å²) in [6.45, 7) is -0.212. The van der Waals surface area contributed by atoms with Crippen molar-refractivity contribution in [2.45, 2.75) is 18.8 Å². The topological polar surface area (TPSA) is 66.5 Å². The van der Waals surface area contributed by atoms with E-state index >= 15 is 0 Å². The average molecular weight is 453 g/mol. The van der Waals surface area contributed by atoms with Gasteiger partial charge in [0, 0.05) is 10.2 Å². The van der Waals surface area contributed by atoms with Crippen molar-refractivity contribution < 1.29 is 14.4 Å². The predicted octanol–water partition coefficient (Wildman–Crippen LogP) is 3.81. The molecule has 0 aromatic heterocycles. The Labute approximate surface area is 177 Å². The van der Waals surface area contributed by atoms with Crippen LogP contribution in [-0.2, 0) is 14.4 Å². The van der Waals surface area contributed by atoms with Gasteiger partial charge < -0.3 is 5.32 Å². The molecule has 1 heterocycles. The van der Waals surface area contributed by atoms with E-state index in [2.05, 4.69) is 33.4 Å². The van der Waals surface area contributed by atoms with Crippen molar-refractivity contribution in [1.82, 2.24) is 4.90 Å². The first-order valence-electron chi connectivity index (χ1n) is 9.98. The summed E-state index contributed by atoms with van der Waals surface area (Å²) in [5.41, 5.74) is 1.90. The third-order valence-electron chi connectivity index (χ3n) is 6.76. The molecule has 5 atom stereocenters. The molecule has 2 bridgehead atoms. The van der Waals surface area contributed by atoms with Gasteiger partial charge in [-0.25, -0.2) is 0 Å². The van der Waals surface area contributed by atoms with Crippen LogP contribution in [0.15, 0.2) is 59.1 Å². The summed E-state index contributed by atoms with van der Waals surface area (Å²) in [7, 11) is 0. The van der Waals surface area contributed by atoms with Crippen LogP contribution in [0.3, 0.4) is 0 Å². The molecular formula is C23H21BrN2O3. The van der Waals surface area contributed by atoms with E-state index in [1.54, 1.807) is 12.1 Å². The Morgan fingerprint density at radius 1 is 0.966 bits per heavy atom.